The molecule has 2 heterocycles. The van der Waals surface area contributed by atoms with Gasteiger partial charge in [-0.25, -0.2) is 8.42 Å². The number of nitrogens with zero attached hydrogens (tertiary/aromatic N) is 1. The largest absolute Gasteiger partial charge is 0.481 e. The lowest BCUT2D eigenvalue weighted by molar-refractivity contribution is -0.137. The smallest absolute Gasteiger partial charge is 0.305 e. The number of carbonyl (C=O) groups is 2. The van der Waals surface area contributed by atoms with E-state index >= 15 is 0 Å². The molecule has 1 unspecified atom stereocenters. The van der Waals surface area contributed by atoms with Gasteiger partial charge in [-0.05, 0) is 73.0 Å². The summed E-state index contributed by atoms with van der Waals surface area (Å²) >= 11 is 0. The zero-order valence-electron chi connectivity index (χ0n) is 19.3. The number of aliphatic carboxylic acids is 1. The summed E-state index contributed by atoms with van der Waals surface area (Å²) in [7, 11) is -4.02. The van der Waals surface area contributed by atoms with E-state index in [0.29, 0.717) is 16.8 Å². The van der Waals surface area contributed by atoms with E-state index in [1.807, 2.05) is 6.07 Å². The molecule has 0 fully saturated rings. The fourth-order valence-corrected chi connectivity index (χ4v) is 5.56. The second-order valence-electron chi connectivity index (χ2n) is 8.29. The van der Waals surface area contributed by atoms with Crippen LogP contribution in [0.4, 0.5) is 11.4 Å². The Morgan fingerprint density at radius 3 is 2.53 bits per heavy atom. The van der Waals surface area contributed by atoms with E-state index in [9.17, 15) is 23.1 Å². The first kappa shape index (κ1) is 24.9. The summed E-state index contributed by atoms with van der Waals surface area (Å²) in [6.07, 6.45) is 6.38. The summed E-state index contributed by atoms with van der Waals surface area (Å²) in [6.45, 7) is 0.893. The van der Waals surface area contributed by atoms with Crippen LogP contribution in [-0.2, 0) is 14.6 Å². The lowest BCUT2D eigenvalue weighted by Gasteiger charge is -2.18. The Morgan fingerprint density at radius 1 is 1.06 bits per heavy atom. The minimum atomic E-state index is -4.02. The van der Waals surface area contributed by atoms with Crippen LogP contribution in [0.5, 0.6) is 0 Å². The van der Waals surface area contributed by atoms with Gasteiger partial charge in [-0.15, -0.1) is 0 Å². The van der Waals surface area contributed by atoms with E-state index in [1.165, 1.54) is 42.7 Å². The second-order valence-corrected chi connectivity index (χ2v) is 10.4. The van der Waals surface area contributed by atoms with Gasteiger partial charge in [0.05, 0.1) is 17.1 Å². The number of carboxylic acid groups (broad SMARTS) is 1. The average Bonchev–Trinajstić information content (AvgIpc) is 2.89. The molecule has 1 aliphatic rings. The number of hydrogen-bond acceptors (Lipinski definition) is 7. The minimum Gasteiger partial charge on any atom is -0.481 e. The van der Waals surface area contributed by atoms with E-state index in [-0.39, 0.29) is 10.8 Å². The average molecular weight is 507 g/mol. The number of amides is 1. The number of allylic oxidation sites excluding steroid dienone is 1. The summed E-state index contributed by atoms with van der Waals surface area (Å²) in [5, 5.41) is 17.3. The van der Waals surface area contributed by atoms with Gasteiger partial charge in [-0.2, -0.15) is 0 Å². The zero-order chi connectivity index (χ0) is 25.5. The van der Waals surface area contributed by atoms with Gasteiger partial charge in [-0.3, -0.25) is 14.6 Å². The molecule has 3 aromatic rings. The molecule has 1 aromatic heterocycles. The number of rotatable bonds is 9. The third-order valence-corrected chi connectivity index (χ3v) is 7.80. The summed E-state index contributed by atoms with van der Waals surface area (Å²) in [5.41, 5.74) is 1.91. The first-order valence-electron chi connectivity index (χ1n) is 11.4. The first-order valence-corrected chi connectivity index (χ1v) is 13.0. The number of carbonyl (C=O) groups excluding carboxylic acids is 1. The van der Waals surface area contributed by atoms with Gasteiger partial charge in [0, 0.05) is 35.9 Å². The highest BCUT2D eigenvalue weighted by atomic mass is 32.2. The molecule has 186 valence electrons. The van der Waals surface area contributed by atoms with Gasteiger partial charge < -0.3 is 21.1 Å². The van der Waals surface area contributed by atoms with Gasteiger partial charge in [0.15, 0.2) is 9.84 Å². The van der Waals surface area contributed by atoms with E-state index in [0.717, 1.165) is 30.9 Å². The molecule has 10 heteroatoms. The normalized spacial score (nSPS) is 14.2. The maximum Gasteiger partial charge on any atom is 0.305 e. The molecular weight excluding hydrogens is 480 g/mol. The SMILES string of the molecule is O=C(O)CC(c1cccnc1)S(=O)(=O)c1ccc(NC(=O)c2cccc(NC3=CCCCN3)c2)cc1. The van der Waals surface area contributed by atoms with Crippen LogP contribution >= 0.6 is 0 Å². The molecule has 9 nitrogen and oxygen atoms in total. The molecule has 0 spiro atoms. The highest BCUT2D eigenvalue weighted by molar-refractivity contribution is 7.91. The van der Waals surface area contributed by atoms with Crippen molar-refractivity contribution in [2.75, 3.05) is 17.2 Å². The highest BCUT2D eigenvalue weighted by Gasteiger charge is 2.31. The Balaban J connectivity index is 1.48. The second kappa shape index (κ2) is 11.0. The maximum atomic E-state index is 13.2. The van der Waals surface area contributed by atoms with Crippen molar-refractivity contribution in [2.24, 2.45) is 0 Å². The zero-order valence-corrected chi connectivity index (χ0v) is 20.2. The van der Waals surface area contributed by atoms with Crippen LogP contribution in [0, 0.1) is 0 Å². The molecule has 1 aliphatic heterocycles. The number of anilines is 2. The van der Waals surface area contributed by atoms with E-state index in [4.69, 9.17) is 0 Å². The molecule has 1 amide bonds. The van der Waals surface area contributed by atoms with Crippen LogP contribution in [0.15, 0.2) is 89.8 Å². The van der Waals surface area contributed by atoms with E-state index < -0.39 is 27.5 Å². The van der Waals surface area contributed by atoms with Crippen molar-refractivity contribution in [3.63, 3.8) is 0 Å². The molecule has 0 saturated heterocycles. The third-order valence-electron chi connectivity index (χ3n) is 5.68. The van der Waals surface area contributed by atoms with E-state index in [1.54, 1.807) is 24.3 Å². The van der Waals surface area contributed by atoms with Crippen molar-refractivity contribution in [1.82, 2.24) is 10.3 Å². The summed E-state index contributed by atoms with van der Waals surface area (Å²) in [5.74, 6) is -0.675. The quantitative estimate of drug-likeness (QED) is 0.342. The Labute approximate surface area is 209 Å². The van der Waals surface area contributed by atoms with Crippen LogP contribution in [0.3, 0.4) is 0 Å². The number of sulfone groups is 1. The van der Waals surface area contributed by atoms with Gasteiger partial charge in [0.2, 0.25) is 0 Å². The molecule has 36 heavy (non-hydrogen) atoms. The van der Waals surface area contributed by atoms with E-state index in [2.05, 4.69) is 27.0 Å². The molecule has 4 rings (SSSR count). The van der Waals surface area contributed by atoms with Crippen molar-refractivity contribution >= 4 is 33.1 Å². The van der Waals surface area contributed by atoms with Crippen molar-refractivity contribution in [2.45, 2.75) is 29.4 Å². The van der Waals surface area contributed by atoms with Crippen molar-refractivity contribution in [1.29, 1.82) is 0 Å². The first-order chi connectivity index (χ1) is 17.3. The fourth-order valence-electron chi connectivity index (χ4n) is 3.86. The van der Waals surface area contributed by atoms with Gasteiger partial charge in [0.25, 0.3) is 5.91 Å². The van der Waals surface area contributed by atoms with Crippen LogP contribution in [0.1, 0.15) is 40.4 Å². The van der Waals surface area contributed by atoms with Crippen molar-refractivity contribution < 1.29 is 23.1 Å². The standard InChI is InChI=1S/C26H26N4O5S/c31-25(32)16-23(19-6-4-13-27-17-19)36(34,35)22-11-9-20(10-12-22)30-26(33)18-5-3-7-21(15-18)29-24-8-1-2-14-28-24/h3-13,15,17,23,28-29H,1-2,14,16H2,(H,30,33)(H,31,32). The lowest BCUT2D eigenvalue weighted by Crippen LogP contribution is -2.24. The molecule has 0 aliphatic carbocycles. The molecular formula is C26H26N4O5S. The Bertz CT molecular complexity index is 1370. The number of pyridine rings is 1. The predicted molar refractivity (Wildman–Crippen MR) is 136 cm³/mol. The molecule has 4 N–H and O–H groups in total. The topological polar surface area (TPSA) is 137 Å². The van der Waals surface area contributed by atoms with Crippen molar-refractivity contribution in [3.8, 4) is 0 Å². The number of carboxylic acids is 1. The molecule has 2 aromatic carbocycles. The summed E-state index contributed by atoms with van der Waals surface area (Å²) in [6, 6.07) is 15.8. The summed E-state index contributed by atoms with van der Waals surface area (Å²) < 4.78 is 26.5. The van der Waals surface area contributed by atoms with Gasteiger partial charge in [0.1, 0.15) is 5.25 Å². The van der Waals surface area contributed by atoms with Crippen LogP contribution in [0.25, 0.3) is 0 Å². The third kappa shape index (κ3) is 6.08. The molecule has 0 bridgehead atoms. The van der Waals surface area contributed by atoms with Crippen molar-refractivity contribution in [3.05, 3.63) is 96.1 Å². The molecule has 0 radical (unpaired) electrons. The fraction of sp³-hybridized carbons (Fsp3) is 0.192. The van der Waals surface area contributed by atoms with Gasteiger partial charge in [-0.1, -0.05) is 12.1 Å². The minimum absolute atomic E-state index is 0.0462. The number of aromatic nitrogens is 1. The molecule has 0 saturated carbocycles. The highest BCUT2D eigenvalue weighted by Crippen LogP contribution is 2.32. The monoisotopic (exact) mass is 506 g/mol. The number of benzene rings is 2. The number of nitrogens with one attached hydrogen (secondary N) is 3. The van der Waals surface area contributed by atoms with Crippen LogP contribution < -0.4 is 16.0 Å². The van der Waals surface area contributed by atoms with Gasteiger partial charge >= 0.3 is 5.97 Å². The van der Waals surface area contributed by atoms with Crippen LogP contribution in [0.2, 0.25) is 0 Å². The van der Waals surface area contributed by atoms with Crippen LogP contribution in [-0.4, -0.2) is 36.9 Å². The lowest BCUT2D eigenvalue weighted by atomic mass is 10.1. The Morgan fingerprint density at radius 2 is 1.86 bits per heavy atom. The Hall–Kier alpha value is -4.18. The number of hydrogen-bond donors (Lipinski definition) is 4. The summed E-state index contributed by atoms with van der Waals surface area (Å²) in [4.78, 5) is 28.0. The molecule has 1 atom stereocenters. The Kier molecular flexibility index (Phi) is 7.65. The predicted octanol–water partition coefficient (Wildman–Crippen LogP) is 3.96. The maximum absolute atomic E-state index is 13.2.